The maximum Gasteiger partial charge on any atom is 0.318 e. The van der Waals surface area contributed by atoms with E-state index < -0.39 is 23.6 Å². The van der Waals surface area contributed by atoms with E-state index in [4.69, 9.17) is 6.42 Å². The Bertz CT molecular complexity index is 2250. The standard InChI is InChI=1S/C53H75N11O5/c1-6-37-12-14-38(15-13-37)34-55-50(67)46-32-42(65)36-64(46)51(68)48(53(3,4)5)56-52(69)63-26-24-59(25-27-63)35-39-16-18-40(19-17-39)60-22-20-41(21-23-60)61-28-30-62(31-29-61)45-33-44(57-58-49(45)54-7-2)43-10-8-9-11-47(43)66/h1,8-15,33,39-42,46,48,65-66H,7,16-32,34-36H2,2-5H3,(H,54,58)(H,55,67)(H,56,69)/t39?,40?,42-,46+,48-/m1/s1. The molecule has 0 spiro atoms. The third-order valence-corrected chi connectivity index (χ3v) is 15.3. The second-order valence-electron chi connectivity index (χ2n) is 21.0. The summed E-state index contributed by atoms with van der Waals surface area (Å²) in [7, 11) is 0. The number of aliphatic hydroxyl groups excluding tert-OH is 1. The minimum atomic E-state index is -0.877. The van der Waals surface area contributed by atoms with Crippen molar-refractivity contribution in [3.05, 3.63) is 65.7 Å². The monoisotopic (exact) mass is 946 g/mol. The second kappa shape index (κ2) is 22.5. The number of rotatable bonds is 13. The maximum absolute atomic E-state index is 14.2. The molecule has 3 atom stereocenters. The summed E-state index contributed by atoms with van der Waals surface area (Å²) in [4.78, 5) is 55.0. The van der Waals surface area contributed by atoms with Gasteiger partial charge >= 0.3 is 6.03 Å². The van der Waals surface area contributed by atoms with Gasteiger partial charge in [0.15, 0.2) is 5.82 Å². The minimum absolute atomic E-state index is 0.0325. The molecule has 1 aliphatic carbocycles. The molecule has 16 heteroatoms. The number of phenolic OH excluding ortho intramolecular Hbond substituents is 1. The van der Waals surface area contributed by atoms with Gasteiger partial charge in [0.1, 0.15) is 17.8 Å². The zero-order valence-electron chi connectivity index (χ0n) is 41.3. The smallest absolute Gasteiger partial charge is 0.318 e. The number of piperidine rings is 1. The summed E-state index contributed by atoms with van der Waals surface area (Å²) in [5, 5.41) is 39.5. The van der Waals surface area contributed by atoms with Crippen LogP contribution >= 0.6 is 0 Å². The highest BCUT2D eigenvalue weighted by Crippen LogP contribution is 2.35. The molecular formula is C53H75N11O5. The molecule has 0 unspecified atom stereocenters. The predicted molar refractivity (Wildman–Crippen MR) is 270 cm³/mol. The summed E-state index contributed by atoms with van der Waals surface area (Å²) in [5.41, 5.74) is 3.40. The molecular weight excluding hydrogens is 871 g/mol. The fourth-order valence-electron chi connectivity index (χ4n) is 11.2. The van der Waals surface area contributed by atoms with Crippen LogP contribution in [0.2, 0.25) is 0 Å². The highest BCUT2D eigenvalue weighted by atomic mass is 16.3. The number of amides is 4. The number of urea groups is 1. The van der Waals surface area contributed by atoms with Crippen LogP contribution in [0.25, 0.3) is 11.3 Å². The van der Waals surface area contributed by atoms with Gasteiger partial charge in [-0.3, -0.25) is 19.4 Å². The molecule has 3 aromatic rings. The highest BCUT2D eigenvalue weighted by Gasteiger charge is 2.45. The van der Waals surface area contributed by atoms with Crippen molar-refractivity contribution < 1.29 is 24.6 Å². The third-order valence-electron chi connectivity index (χ3n) is 15.3. The Kier molecular flexibility index (Phi) is 16.3. The number of β-amino-alcohol motifs (C(OH)–C–C–N with tert-alkyl or cyclic N) is 1. The molecule has 5 aliphatic rings. The van der Waals surface area contributed by atoms with E-state index >= 15 is 0 Å². The van der Waals surface area contributed by atoms with Gasteiger partial charge in [-0.25, -0.2) is 4.79 Å². The number of carbonyl (C=O) groups excluding carboxylic acids is 3. The highest BCUT2D eigenvalue weighted by molar-refractivity contribution is 5.93. The van der Waals surface area contributed by atoms with E-state index in [-0.39, 0.29) is 43.1 Å². The summed E-state index contributed by atoms with van der Waals surface area (Å²) in [6, 6.07) is 16.0. The van der Waals surface area contributed by atoms with Crippen molar-refractivity contribution in [1.29, 1.82) is 0 Å². The number of nitrogens with one attached hydrogen (secondary N) is 3. The SMILES string of the molecule is C#Cc1ccc(CNC(=O)[C@@H]2C[C@@H](O)CN2C(=O)[C@@H](NC(=O)N2CCN(CC3CCC(N4CCC(N5CCN(c6cc(-c7ccccc7O)nnc6NCC)CC5)CC4)CC3)CC2)C(C)(C)C)cc1. The van der Waals surface area contributed by atoms with Crippen molar-refractivity contribution in [2.75, 3.05) is 95.3 Å². The molecule has 0 bridgehead atoms. The molecule has 4 amide bonds. The zero-order valence-corrected chi connectivity index (χ0v) is 41.3. The normalized spacial score (nSPS) is 23.9. The molecule has 372 valence electrons. The van der Waals surface area contributed by atoms with Gasteiger partial charge in [0.25, 0.3) is 0 Å². The Balaban J connectivity index is 0.743. The van der Waals surface area contributed by atoms with Crippen molar-refractivity contribution in [2.45, 2.75) is 109 Å². The molecule has 16 nitrogen and oxygen atoms in total. The fraction of sp³-hybridized carbons (Fsp3) is 0.604. The number of aromatic nitrogens is 2. The second-order valence-corrected chi connectivity index (χ2v) is 21.0. The van der Waals surface area contributed by atoms with E-state index in [1.54, 1.807) is 6.07 Å². The lowest BCUT2D eigenvalue weighted by Gasteiger charge is -2.46. The summed E-state index contributed by atoms with van der Waals surface area (Å²) >= 11 is 0. The van der Waals surface area contributed by atoms with Crippen LogP contribution in [0.5, 0.6) is 5.75 Å². The number of phenols is 1. The van der Waals surface area contributed by atoms with Crippen LogP contribution in [0.15, 0.2) is 54.6 Å². The largest absolute Gasteiger partial charge is 0.507 e. The maximum atomic E-state index is 14.2. The molecule has 1 aromatic heterocycles. The zero-order chi connectivity index (χ0) is 48.7. The molecule has 69 heavy (non-hydrogen) atoms. The van der Waals surface area contributed by atoms with E-state index in [2.05, 4.69) is 64.7 Å². The minimum Gasteiger partial charge on any atom is -0.507 e. The van der Waals surface area contributed by atoms with Crippen LogP contribution in [-0.2, 0) is 16.1 Å². The lowest BCUT2D eigenvalue weighted by molar-refractivity contribution is -0.142. The number of nitrogens with zero attached hydrogens (tertiary/aromatic N) is 8. The van der Waals surface area contributed by atoms with Gasteiger partial charge in [-0.1, -0.05) is 51.0 Å². The first-order chi connectivity index (χ1) is 33.3. The Morgan fingerprint density at radius 3 is 2.16 bits per heavy atom. The molecule has 0 radical (unpaired) electrons. The summed E-state index contributed by atoms with van der Waals surface area (Å²) in [6.07, 6.45) is 12.1. The number of aromatic hydroxyl groups is 1. The van der Waals surface area contributed by atoms with Gasteiger partial charge in [-0.15, -0.1) is 16.6 Å². The van der Waals surface area contributed by atoms with Gasteiger partial charge in [-0.2, -0.15) is 0 Å². The molecule has 2 aromatic carbocycles. The van der Waals surface area contributed by atoms with E-state index in [0.29, 0.717) is 42.3 Å². The summed E-state index contributed by atoms with van der Waals surface area (Å²) in [6.45, 7) is 18.9. The van der Waals surface area contributed by atoms with Crippen LogP contribution < -0.4 is 20.9 Å². The Morgan fingerprint density at radius 1 is 0.841 bits per heavy atom. The van der Waals surface area contributed by atoms with Gasteiger partial charge in [0.05, 0.1) is 17.5 Å². The number of benzene rings is 2. The van der Waals surface area contributed by atoms with Crippen LogP contribution in [-0.4, -0.2) is 178 Å². The molecule has 8 rings (SSSR count). The molecule has 5 fully saturated rings. The topological polar surface area (TPSA) is 173 Å². The fourth-order valence-corrected chi connectivity index (χ4v) is 11.2. The van der Waals surface area contributed by atoms with Crippen LogP contribution in [0.3, 0.4) is 0 Å². The average Bonchev–Trinajstić information content (AvgIpc) is 3.77. The Labute approximate surface area is 409 Å². The van der Waals surface area contributed by atoms with Crippen LogP contribution in [0, 0.1) is 23.7 Å². The summed E-state index contributed by atoms with van der Waals surface area (Å²) < 4.78 is 0. The molecule has 4 saturated heterocycles. The number of anilines is 2. The van der Waals surface area contributed by atoms with Crippen molar-refractivity contribution in [1.82, 2.24) is 45.3 Å². The van der Waals surface area contributed by atoms with Gasteiger partial charge in [-0.05, 0) is 106 Å². The number of likely N-dealkylation sites (tertiary alicyclic amines) is 2. The van der Waals surface area contributed by atoms with Crippen molar-refractivity contribution >= 4 is 29.4 Å². The first kappa shape index (κ1) is 49.9. The lowest BCUT2D eigenvalue weighted by atomic mass is 9.84. The predicted octanol–water partition coefficient (Wildman–Crippen LogP) is 4.43. The number of hydrogen-bond donors (Lipinski definition) is 5. The molecule has 4 aliphatic heterocycles. The quantitative estimate of drug-likeness (QED) is 0.153. The molecule has 5 N–H and O–H groups in total. The number of aliphatic hydroxyl groups is 1. The van der Waals surface area contributed by atoms with Gasteiger partial charge < -0.3 is 45.8 Å². The Hall–Kier alpha value is -5.47. The van der Waals surface area contributed by atoms with Crippen LogP contribution in [0.4, 0.5) is 16.3 Å². The number of para-hydroxylation sites is 1. The third kappa shape index (κ3) is 12.3. The Morgan fingerprint density at radius 2 is 1.51 bits per heavy atom. The average molecular weight is 946 g/mol. The van der Waals surface area contributed by atoms with E-state index in [9.17, 15) is 24.6 Å². The first-order valence-electron chi connectivity index (χ1n) is 25.5. The number of piperazine rings is 2. The number of hydrogen-bond acceptors (Lipinski definition) is 12. The molecule has 1 saturated carbocycles. The number of terminal acetylenes is 1. The van der Waals surface area contributed by atoms with Crippen LogP contribution in [0.1, 0.15) is 83.8 Å². The van der Waals surface area contributed by atoms with E-state index in [0.717, 1.165) is 88.1 Å². The van der Waals surface area contributed by atoms with Crippen molar-refractivity contribution in [3.63, 3.8) is 0 Å². The van der Waals surface area contributed by atoms with E-state index in [1.807, 2.05) is 68.1 Å². The molecule has 5 heterocycles. The van der Waals surface area contributed by atoms with Gasteiger partial charge in [0, 0.05) is 108 Å². The van der Waals surface area contributed by atoms with Crippen molar-refractivity contribution in [3.8, 4) is 29.4 Å². The summed E-state index contributed by atoms with van der Waals surface area (Å²) in [5.74, 6) is 3.54. The number of carbonyl (C=O) groups is 3. The van der Waals surface area contributed by atoms with Crippen molar-refractivity contribution in [2.24, 2.45) is 11.3 Å². The van der Waals surface area contributed by atoms with E-state index in [1.165, 1.54) is 43.4 Å². The lowest BCUT2D eigenvalue weighted by Crippen LogP contribution is -2.61. The van der Waals surface area contributed by atoms with Gasteiger partial charge in [0.2, 0.25) is 11.8 Å². The first-order valence-corrected chi connectivity index (χ1v) is 25.5.